The van der Waals surface area contributed by atoms with E-state index < -0.39 is 38.4 Å². The Morgan fingerprint density at radius 2 is 1.76 bits per heavy atom. The molecule has 1 amide bonds. The molecule has 37 heavy (non-hydrogen) atoms. The van der Waals surface area contributed by atoms with Gasteiger partial charge in [-0.05, 0) is 81.8 Å². The predicted octanol–water partition coefficient (Wildman–Crippen LogP) is 6.96. The van der Waals surface area contributed by atoms with Gasteiger partial charge in [0.05, 0.1) is 16.5 Å². The number of carbonyl (C=O) groups excluding carboxylic acids is 1. The lowest BCUT2D eigenvalue weighted by atomic mass is 9.85. The number of rotatable bonds is 8. The van der Waals surface area contributed by atoms with Gasteiger partial charge >= 0.3 is 0 Å². The highest BCUT2D eigenvalue weighted by atomic mass is 35.5. The minimum Gasteiger partial charge on any atom is -0.355 e. The molecule has 4 unspecified atom stereocenters. The lowest BCUT2D eigenvalue weighted by molar-refractivity contribution is -0.202. The average Bonchev–Trinajstić information content (AvgIpc) is 3.65. The molecule has 5 nitrogen and oxygen atoms in total. The van der Waals surface area contributed by atoms with E-state index in [1.807, 2.05) is 35.2 Å². The van der Waals surface area contributed by atoms with E-state index in [1.54, 1.807) is 52.0 Å². The van der Waals surface area contributed by atoms with E-state index in [0.29, 0.717) is 10.0 Å². The Labute approximate surface area is 230 Å². The first-order valence-corrected chi connectivity index (χ1v) is 15.0. The summed E-state index contributed by atoms with van der Waals surface area (Å²) in [6.07, 6.45) is 3.13. The molecule has 2 aliphatic rings. The first-order chi connectivity index (χ1) is 17.3. The van der Waals surface area contributed by atoms with Crippen molar-refractivity contribution in [2.24, 2.45) is 5.92 Å². The van der Waals surface area contributed by atoms with Crippen LogP contribution < -0.4 is 0 Å². The number of carbonyl (C=O) groups is 1. The fourth-order valence-corrected chi connectivity index (χ4v) is 6.74. The molecule has 2 aromatic rings. The zero-order valence-corrected chi connectivity index (χ0v) is 24.1. The molecular formula is C29H35Cl2NO4S. The summed E-state index contributed by atoms with van der Waals surface area (Å²) in [5.74, 6) is -0.239. The molecule has 0 spiro atoms. The Hall–Kier alpha value is -1.86. The molecule has 2 fully saturated rings. The molecule has 1 saturated heterocycles. The molecule has 8 heteroatoms. The maximum atomic E-state index is 14.3. The van der Waals surface area contributed by atoms with E-state index in [9.17, 15) is 13.2 Å². The molecule has 0 bridgehead atoms. The van der Waals surface area contributed by atoms with Gasteiger partial charge in [-0.1, -0.05) is 53.5 Å². The van der Waals surface area contributed by atoms with Crippen molar-refractivity contribution in [3.8, 4) is 0 Å². The quantitative estimate of drug-likeness (QED) is 0.325. The van der Waals surface area contributed by atoms with Crippen molar-refractivity contribution < 1.29 is 17.9 Å². The molecule has 1 aliphatic carbocycles. The molecular weight excluding hydrogens is 529 g/mol. The van der Waals surface area contributed by atoms with E-state index in [0.717, 1.165) is 24.0 Å². The Kier molecular flexibility index (Phi) is 7.89. The molecule has 0 radical (unpaired) electrons. The van der Waals surface area contributed by atoms with Crippen LogP contribution in [0.3, 0.4) is 0 Å². The van der Waals surface area contributed by atoms with Gasteiger partial charge in [-0.25, -0.2) is 8.42 Å². The average molecular weight is 565 g/mol. The van der Waals surface area contributed by atoms with Gasteiger partial charge in [-0.3, -0.25) is 4.79 Å². The molecule has 0 aromatic heterocycles. The molecule has 1 heterocycles. The van der Waals surface area contributed by atoms with E-state index in [1.165, 1.54) is 0 Å². The number of amides is 1. The van der Waals surface area contributed by atoms with Crippen molar-refractivity contribution in [3.05, 3.63) is 82.4 Å². The second-order valence-corrected chi connectivity index (χ2v) is 15.0. The highest BCUT2D eigenvalue weighted by Gasteiger charge is 2.55. The number of halogens is 2. The maximum Gasteiger partial charge on any atom is 0.255 e. The molecule has 1 aliphatic heterocycles. The van der Waals surface area contributed by atoms with Gasteiger partial charge in [0.1, 0.15) is 11.7 Å². The third kappa shape index (κ3) is 5.78. The highest BCUT2D eigenvalue weighted by molar-refractivity contribution is 7.92. The number of sulfone groups is 1. The summed E-state index contributed by atoms with van der Waals surface area (Å²) < 4.78 is 32.7. The Morgan fingerprint density at radius 3 is 2.30 bits per heavy atom. The topological polar surface area (TPSA) is 63.7 Å². The van der Waals surface area contributed by atoms with Gasteiger partial charge in [0, 0.05) is 22.5 Å². The van der Waals surface area contributed by atoms with Crippen molar-refractivity contribution in [2.45, 2.75) is 75.5 Å². The van der Waals surface area contributed by atoms with Gasteiger partial charge in [-0.15, -0.1) is 6.58 Å². The lowest BCUT2D eigenvalue weighted by Crippen LogP contribution is -2.62. The number of nitrogens with zero attached hydrogens (tertiary/aromatic N) is 1. The van der Waals surface area contributed by atoms with Crippen LogP contribution in [0.2, 0.25) is 10.0 Å². The van der Waals surface area contributed by atoms with Crippen molar-refractivity contribution in [3.63, 3.8) is 0 Å². The Morgan fingerprint density at radius 1 is 1.11 bits per heavy atom. The van der Waals surface area contributed by atoms with Gasteiger partial charge in [0.15, 0.2) is 9.84 Å². The molecule has 2 aromatic carbocycles. The first-order valence-electron chi connectivity index (χ1n) is 12.6. The summed E-state index contributed by atoms with van der Waals surface area (Å²) in [7, 11) is -3.52. The maximum absolute atomic E-state index is 14.3. The molecule has 1 saturated carbocycles. The fraction of sp³-hybridized carbons (Fsp3) is 0.483. The van der Waals surface area contributed by atoms with E-state index >= 15 is 0 Å². The fourth-order valence-electron chi connectivity index (χ4n) is 5.04. The van der Waals surface area contributed by atoms with Crippen LogP contribution in [-0.2, 0) is 19.4 Å². The minimum atomic E-state index is -3.52. The number of morpholine rings is 1. The van der Waals surface area contributed by atoms with Gasteiger partial charge in [0.2, 0.25) is 0 Å². The predicted molar refractivity (Wildman–Crippen MR) is 150 cm³/mol. The summed E-state index contributed by atoms with van der Waals surface area (Å²) in [4.78, 5) is 16.2. The van der Waals surface area contributed by atoms with Crippen molar-refractivity contribution in [1.29, 1.82) is 0 Å². The van der Waals surface area contributed by atoms with Gasteiger partial charge in [0.25, 0.3) is 5.91 Å². The summed E-state index contributed by atoms with van der Waals surface area (Å²) in [6.45, 7) is 10.8. The third-order valence-electron chi connectivity index (χ3n) is 7.43. The molecule has 0 N–H and O–H groups in total. The van der Waals surface area contributed by atoms with Crippen molar-refractivity contribution in [2.75, 3.05) is 5.75 Å². The summed E-state index contributed by atoms with van der Waals surface area (Å²) in [5.41, 5.74) is 0.423. The van der Waals surface area contributed by atoms with Crippen LogP contribution >= 0.6 is 23.2 Å². The molecule has 4 atom stereocenters. The van der Waals surface area contributed by atoms with Crippen LogP contribution in [0.25, 0.3) is 0 Å². The minimum absolute atomic E-state index is 0.0990. The SMILES string of the molecule is C=CCC1(C)OC(c2cccc(Cl)c2)C(c2ccc(Cl)cc2)N(C(CS(=O)(=O)C(C)(C)C)C2CC2)C1=O. The normalized spacial score (nSPS) is 25.7. The summed E-state index contributed by atoms with van der Waals surface area (Å²) >= 11 is 12.6. The van der Waals surface area contributed by atoms with Crippen LogP contribution in [0.1, 0.15) is 70.2 Å². The number of hydrogen-bond acceptors (Lipinski definition) is 4. The zero-order valence-electron chi connectivity index (χ0n) is 21.8. The van der Waals surface area contributed by atoms with E-state index in [-0.39, 0.29) is 24.0 Å². The van der Waals surface area contributed by atoms with E-state index in [2.05, 4.69) is 6.58 Å². The lowest BCUT2D eigenvalue weighted by Gasteiger charge is -2.52. The number of benzene rings is 2. The van der Waals surface area contributed by atoms with Crippen molar-refractivity contribution in [1.82, 2.24) is 4.90 Å². The molecule has 4 rings (SSSR count). The number of ether oxygens (including phenoxy) is 1. The second-order valence-electron chi connectivity index (χ2n) is 11.3. The first kappa shape index (κ1) is 28.2. The van der Waals surface area contributed by atoms with Gasteiger partial charge in [-0.2, -0.15) is 0 Å². The summed E-state index contributed by atoms with van der Waals surface area (Å²) in [5, 5.41) is 1.13. The van der Waals surface area contributed by atoms with E-state index in [4.69, 9.17) is 27.9 Å². The monoisotopic (exact) mass is 563 g/mol. The Balaban J connectivity index is 1.93. The van der Waals surface area contributed by atoms with Crippen LogP contribution in [0, 0.1) is 5.92 Å². The second kappa shape index (κ2) is 10.4. The Bertz CT molecular complexity index is 1270. The highest BCUT2D eigenvalue weighted by Crippen LogP contribution is 2.51. The van der Waals surface area contributed by atoms with Crippen LogP contribution in [-0.4, -0.2) is 41.4 Å². The third-order valence-corrected chi connectivity index (χ3v) is 10.6. The van der Waals surface area contributed by atoms with Crippen molar-refractivity contribution >= 4 is 38.9 Å². The van der Waals surface area contributed by atoms with Crippen LogP contribution in [0.15, 0.2) is 61.2 Å². The smallest absolute Gasteiger partial charge is 0.255 e. The standard InChI is InChI=1S/C29H35Cl2NO4S/c1-6-16-29(5)27(33)32(24(19-10-11-19)18-37(34,35)28(2,3)4)25(20-12-14-22(30)15-13-20)26(36-29)21-8-7-9-23(31)17-21/h6-9,12-15,17,19,24-26H,1,10-11,16,18H2,2-5H3. The zero-order chi connectivity index (χ0) is 27.2. The van der Waals surface area contributed by atoms with Gasteiger partial charge < -0.3 is 9.64 Å². The molecule has 200 valence electrons. The summed E-state index contributed by atoms with van der Waals surface area (Å²) in [6, 6.07) is 13.7. The van der Waals surface area contributed by atoms with Crippen LogP contribution in [0.4, 0.5) is 0 Å². The largest absolute Gasteiger partial charge is 0.355 e. The van der Waals surface area contributed by atoms with Crippen LogP contribution in [0.5, 0.6) is 0 Å². The number of hydrogen-bond donors (Lipinski definition) is 0.